The number of hydrogen-bond donors (Lipinski definition) is 0. The summed E-state index contributed by atoms with van der Waals surface area (Å²) in [5.74, 6) is 0. The lowest BCUT2D eigenvalue weighted by atomic mass is 10.2. The maximum absolute atomic E-state index is 10.8. The fraction of sp³-hybridized carbons (Fsp3) is 0. The van der Waals surface area contributed by atoms with Crippen LogP contribution in [0.4, 0.5) is 4.79 Å². The van der Waals surface area contributed by atoms with Gasteiger partial charge in [-0.25, -0.2) is 10.5 Å². The molecule has 3 heteroatoms. The zero-order chi connectivity index (χ0) is 8.55. The standard InChI is InChI=1S/C9H7N2O/c10-9(12)11-6-5-7-3-1-2-4-8(7)11/h1-6,10H. The fourth-order valence-electron chi connectivity index (χ4n) is 1.26. The summed E-state index contributed by atoms with van der Waals surface area (Å²) in [4.78, 5) is 10.8. The molecule has 2 rings (SSSR count). The Hall–Kier alpha value is -1.77. The molecule has 1 aromatic heterocycles. The van der Waals surface area contributed by atoms with Gasteiger partial charge >= 0.3 is 6.03 Å². The van der Waals surface area contributed by atoms with Gasteiger partial charge in [0.2, 0.25) is 0 Å². The van der Waals surface area contributed by atoms with E-state index < -0.39 is 6.03 Å². The molecule has 0 unspecified atom stereocenters. The van der Waals surface area contributed by atoms with Crippen molar-refractivity contribution in [3.63, 3.8) is 0 Å². The molecule has 0 aliphatic heterocycles. The summed E-state index contributed by atoms with van der Waals surface area (Å²) in [7, 11) is 0. The van der Waals surface area contributed by atoms with Crippen LogP contribution in [0.2, 0.25) is 0 Å². The van der Waals surface area contributed by atoms with Crippen LogP contribution in [-0.2, 0) is 0 Å². The van der Waals surface area contributed by atoms with Crippen molar-refractivity contribution in [1.82, 2.24) is 10.3 Å². The molecule has 0 aliphatic rings. The van der Waals surface area contributed by atoms with Crippen LogP contribution in [0.1, 0.15) is 0 Å². The number of amides is 1. The number of aromatic nitrogens is 1. The number of rotatable bonds is 0. The highest BCUT2D eigenvalue weighted by atomic mass is 16.2. The van der Waals surface area contributed by atoms with Crippen LogP contribution in [0.3, 0.4) is 0 Å². The third-order valence-corrected chi connectivity index (χ3v) is 1.82. The first-order valence-electron chi connectivity index (χ1n) is 3.61. The van der Waals surface area contributed by atoms with Crippen LogP contribution in [0.25, 0.3) is 10.9 Å². The van der Waals surface area contributed by atoms with Crippen LogP contribution in [-0.4, -0.2) is 10.6 Å². The number of carbonyl (C=O) groups is 1. The highest BCUT2D eigenvalue weighted by Crippen LogP contribution is 2.13. The molecule has 0 aliphatic carbocycles. The van der Waals surface area contributed by atoms with Gasteiger partial charge in [-0.05, 0) is 12.1 Å². The topological polar surface area (TPSA) is 45.8 Å². The first-order valence-corrected chi connectivity index (χ1v) is 3.61. The molecule has 0 atom stereocenters. The van der Waals surface area contributed by atoms with Gasteiger partial charge in [0, 0.05) is 11.6 Å². The minimum absolute atomic E-state index is 0.698. The zero-order valence-corrected chi connectivity index (χ0v) is 6.32. The summed E-state index contributed by atoms with van der Waals surface area (Å²) in [6, 6.07) is 8.61. The van der Waals surface area contributed by atoms with Crippen molar-refractivity contribution in [2.45, 2.75) is 0 Å². The van der Waals surface area contributed by atoms with E-state index in [0.717, 1.165) is 10.9 Å². The highest BCUT2D eigenvalue weighted by molar-refractivity contribution is 5.90. The number of para-hydroxylation sites is 1. The SMILES string of the molecule is [NH]C(=O)n1ccc2ccccc21. The zero-order valence-electron chi connectivity index (χ0n) is 6.32. The molecule has 1 aromatic carbocycles. The normalized spacial score (nSPS) is 10.3. The van der Waals surface area contributed by atoms with Crippen LogP contribution in [0.15, 0.2) is 36.5 Å². The molecule has 2 aromatic rings. The smallest absolute Gasteiger partial charge is 0.268 e. The molecule has 12 heavy (non-hydrogen) atoms. The number of benzene rings is 1. The van der Waals surface area contributed by atoms with Gasteiger partial charge in [0.05, 0.1) is 5.52 Å². The van der Waals surface area contributed by atoms with Gasteiger partial charge in [0.25, 0.3) is 0 Å². The van der Waals surface area contributed by atoms with Crippen molar-refractivity contribution in [3.8, 4) is 0 Å². The van der Waals surface area contributed by atoms with Crippen LogP contribution < -0.4 is 5.73 Å². The van der Waals surface area contributed by atoms with E-state index in [-0.39, 0.29) is 0 Å². The van der Waals surface area contributed by atoms with Crippen molar-refractivity contribution >= 4 is 16.9 Å². The van der Waals surface area contributed by atoms with E-state index in [2.05, 4.69) is 0 Å². The molecule has 0 saturated carbocycles. The number of hydrogen-bond acceptors (Lipinski definition) is 1. The van der Waals surface area contributed by atoms with Crippen molar-refractivity contribution in [2.24, 2.45) is 0 Å². The van der Waals surface area contributed by atoms with Crippen LogP contribution >= 0.6 is 0 Å². The third-order valence-electron chi connectivity index (χ3n) is 1.82. The molecule has 0 bridgehead atoms. The summed E-state index contributed by atoms with van der Waals surface area (Å²) in [6.45, 7) is 0. The number of nitrogens with one attached hydrogen (secondary N) is 1. The number of carbonyl (C=O) groups excluding carboxylic acids is 1. The monoisotopic (exact) mass is 159 g/mol. The maximum atomic E-state index is 10.8. The Bertz CT molecular complexity index is 431. The van der Waals surface area contributed by atoms with Crippen molar-refractivity contribution in [1.29, 1.82) is 0 Å². The molecule has 1 heterocycles. The average molecular weight is 159 g/mol. The van der Waals surface area contributed by atoms with Crippen LogP contribution in [0, 0.1) is 0 Å². The molecule has 0 saturated heterocycles. The second kappa shape index (κ2) is 2.37. The summed E-state index contributed by atoms with van der Waals surface area (Å²) in [6.07, 6.45) is 1.61. The predicted molar refractivity (Wildman–Crippen MR) is 45.8 cm³/mol. The van der Waals surface area contributed by atoms with Gasteiger partial charge < -0.3 is 0 Å². The Morgan fingerprint density at radius 2 is 2.00 bits per heavy atom. The van der Waals surface area contributed by atoms with E-state index in [1.807, 2.05) is 30.3 Å². The number of fused-ring (bicyclic) bond motifs is 1. The minimum Gasteiger partial charge on any atom is -0.268 e. The van der Waals surface area contributed by atoms with E-state index in [1.54, 1.807) is 6.20 Å². The Kier molecular flexibility index (Phi) is 1.37. The quantitative estimate of drug-likeness (QED) is 0.579. The van der Waals surface area contributed by atoms with E-state index >= 15 is 0 Å². The number of nitrogens with zero attached hydrogens (tertiary/aromatic N) is 1. The Balaban J connectivity index is 2.79. The lowest BCUT2D eigenvalue weighted by Gasteiger charge is -1.95. The Morgan fingerprint density at radius 3 is 2.75 bits per heavy atom. The van der Waals surface area contributed by atoms with Gasteiger partial charge in [-0.15, -0.1) is 0 Å². The van der Waals surface area contributed by atoms with Gasteiger partial charge in [0.1, 0.15) is 0 Å². The summed E-state index contributed by atoms with van der Waals surface area (Å²) in [5, 5.41) is 0.984. The molecule has 1 amide bonds. The van der Waals surface area contributed by atoms with Gasteiger partial charge in [-0.2, -0.15) is 0 Å². The second-order valence-electron chi connectivity index (χ2n) is 2.55. The lowest BCUT2D eigenvalue weighted by molar-refractivity contribution is 0.250. The largest absolute Gasteiger partial charge is 0.344 e. The minimum atomic E-state index is -0.698. The van der Waals surface area contributed by atoms with Gasteiger partial charge in [-0.1, -0.05) is 18.2 Å². The average Bonchev–Trinajstić information content (AvgIpc) is 2.47. The summed E-state index contributed by atoms with van der Waals surface area (Å²) >= 11 is 0. The van der Waals surface area contributed by atoms with Gasteiger partial charge in [0.15, 0.2) is 0 Å². The van der Waals surface area contributed by atoms with E-state index in [0.29, 0.717) is 0 Å². The highest BCUT2D eigenvalue weighted by Gasteiger charge is 2.03. The third kappa shape index (κ3) is 0.871. The van der Waals surface area contributed by atoms with Gasteiger partial charge in [-0.3, -0.25) is 4.57 Å². The Morgan fingerprint density at radius 1 is 1.25 bits per heavy atom. The molecular formula is C9H7N2O. The molecule has 0 fully saturated rings. The first kappa shape index (κ1) is 6.91. The lowest BCUT2D eigenvalue weighted by Crippen LogP contribution is -2.07. The molecule has 3 nitrogen and oxygen atoms in total. The van der Waals surface area contributed by atoms with Crippen molar-refractivity contribution in [2.75, 3.05) is 0 Å². The van der Waals surface area contributed by atoms with Crippen molar-refractivity contribution < 1.29 is 4.79 Å². The first-order chi connectivity index (χ1) is 5.79. The molecule has 0 spiro atoms. The molecule has 59 valence electrons. The summed E-state index contributed by atoms with van der Waals surface area (Å²) < 4.78 is 1.31. The molecule has 1 N–H and O–H groups in total. The van der Waals surface area contributed by atoms with E-state index in [4.69, 9.17) is 5.73 Å². The fourth-order valence-corrected chi connectivity index (χ4v) is 1.26. The van der Waals surface area contributed by atoms with Crippen LogP contribution in [0.5, 0.6) is 0 Å². The van der Waals surface area contributed by atoms with Crippen molar-refractivity contribution in [3.05, 3.63) is 36.5 Å². The Labute approximate surface area is 69.4 Å². The predicted octanol–water partition coefficient (Wildman–Crippen LogP) is 1.89. The summed E-state index contributed by atoms with van der Waals surface area (Å²) in [5.41, 5.74) is 7.73. The van der Waals surface area contributed by atoms with E-state index in [1.165, 1.54) is 4.57 Å². The maximum Gasteiger partial charge on any atom is 0.344 e. The molecular weight excluding hydrogens is 152 g/mol. The molecule has 1 radical (unpaired) electrons. The second-order valence-corrected chi connectivity index (χ2v) is 2.55. The van der Waals surface area contributed by atoms with E-state index in [9.17, 15) is 4.79 Å².